The number of hydrogen-bond donors (Lipinski definition) is 1. The van der Waals surface area contributed by atoms with Gasteiger partial charge in [0, 0.05) is 5.56 Å². The maximum atomic E-state index is 5.86. The van der Waals surface area contributed by atoms with Crippen molar-refractivity contribution in [1.82, 2.24) is 0 Å². The number of furan rings is 1. The number of nitrogens with two attached hydrogens (primary N) is 1. The first-order valence-corrected chi connectivity index (χ1v) is 4.41. The maximum absolute atomic E-state index is 5.86. The van der Waals surface area contributed by atoms with Gasteiger partial charge in [0.25, 0.3) is 0 Å². The monoisotopic (exact) mass is 183 g/mol. The van der Waals surface area contributed by atoms with Crippen molar-refractivity contribution in [2.45, 2.75) is 32.4 Å². The summed E-state index contributed by atoms with van der Waals surface area (Å²) in [5.74, 6) is 0. The van der Waals surface area contributed by atoms with Gasteiger partial charge in [0.2, 0.25) is 0 Å². The summed E-state index contributed by atoms with van der Waals surface area (Å²) in [7, 11) is 0. The summed E-state index contributed by atoms with van der Waals surface area (Å²) in [6.45, 7) is 6.54. The Morgan fingerprint density at radius 1 is 1.54 bits per heavy atom. The molecule has 74 valence electrons. The van der Waals surface area contributed by atoms with E-state index in [1.54, 1.807) is 12.5 Å². The molecule has 0 radical (unpaired) electrons. The van der Waals surface area contributed by atoms with Crippen LogP contribution in [0.25, 0.3) is 0 Å². The molecule has 0 fully saturated rings. The fourth-order valence-electron chi connectivity index (χ4n) is 0.922. The van der Waals surface area contributed by atoms with E-state index < -0.39 is 0 Å². The van der Waals surface area contributed by atoms with E-state index in [0.29, 0.717) is 6.61 Å². The van der Waals surface area contributed by atoms with Gasteiger partial charge < -0.3 is 14.9 Å². The standard InChI is InChI=1S/C10H17NO2/c1-10(2,3)13-7-9(11)8-4-5-12-6-8/h4-6,9H,7,11H2,1-3H3. The van der Waals surface area contributed by atoms with Crippen molar-refractivity contribution in [3.05, 3.63) is 24.2 Å². The Kier molecular flexibility index (Phi) is 3.12. The van der Waals surface area contributed by atoms with Crippen LogP contribution in [0.2, 0.25) is 0 Å². The Labute approximate surface area is 78.9 Å². The Balaban J connectivity index is 2.39. The van der Waals surface area contributed by atoms with E-state index in [-0.39, 0.29) is 11.6 Å². The summed E-state index contributed by atoms with van der Waals surface area (Å²) in [4.78, 5) is 0. The van der Waals surface area contributed by atoms with E-state index >= 15 is 0 Å². The third-order valence-electron chi connectivity index (χ3n) is 1.67. The lowest BCUT2D eigenvalue weighted by Crippen LogP contribution is -2.26. The Morgan fingerprint density at radius 2 is 2.23 bits per heavy atom. The summed E-state index contributed by atoms with van der Waals surface area (Å²) < 4.78 is 10.5. The lowest BCUT2D eigenvalue weighted by atomic mass is 10.1. The molecular weight excluding hydrogens is 166 g/mol. The molecule has 2 N–H and O–H groups in total. The van der Waals surface area contributed by atoms with Crippen LogP contribution >= 0.6 is 0 Å². The van der Waals surface area contributed by atoms with Crippen LogP contribution in [0.4, 0.5) is 0 Å². The summed E-state index contributed by atoms with van der Waals surface area (Å²) in [5.41, 5.74) is 6.70. The second kappa shape index (κ2) is 3.94. The van der Waals surface area contributed by atoms with Crippen molar-refractivity contribution in [1.29, 1.82) is 0 Å². The molecule has 0 saturated heterocycles. The van der Waals surface area contributed by atoms with Crippen molar-refractivity contribution in [3.63, 3.8) is 0 Å². The molecule has 0 aromatic carbocycles. The average Bonchev–Trinajstić information content (AvgIpc) is 2.50. The van der Waals surface area contributed by atoms with Gasteiger partial charge in [0.1, 0.15) is 0 Å². The quantitative estimate of drug-likeness (QED) is 0.780. The fourth-order valence-corrected chi connectivity index (χ4v) is 0.922. The van der Waals surface area contributed by atoms with Gasteiger partial charge in [-0.1, -0.05) is 0 Å². The van der Waals surface area contributed by atoms with Crippen LogP contribution in [0.3, 0.4) is 0 Å². The lowest BCUT2D eigenvalue weighted by molar-refractivity contribution is -0.0103. The predicted octanol–water partition coefficient (Wildman–Crippen LogP) is 2.09. The minimum absolute atomic E-state index is 0.0991. The highest BCUT2D eigenvalue weighted by atomic mass is 16.5. The van der Waals surface area contributed by atoms with Crippen LogP contribution in [0.5, 0.6) is 0 Å². The summed E-state index contributed by atoms with van der Waals surface area (Å²) in [5, 5.41) is 0. The van der Waals surface area contributed by atoms with Gasteiger partial charge >= 0.3 is 0 Å². The van der Waals surface area contributed by atoms with Gasteiger partial charge in [-0.3, -0.25) is 0 Å². The topological polar surface area (TPSA) is 48.4 Å². The van der Waals surface area contributed by atoms with Crippen LogP contribution in [-0.4, -0.2) is 12.2 Å². The van der Waals surface area contributed by atoms with Gasteiger partial charge in [-0.25, -0.2) is 0 Å². The average molecular weight is 183 g/mol. The number of ether oxygens (including phenoxy) is 1. The second-order valence-corrected chi connectivity index (χ2v) is 4.09. The summed E-state index contributed by atoms with van der Waals surface area (Å²) >= 11 is 0. The molecule has 3 heteroatoms. The smallest absolute Gasteiger partial charge is 0.0951 e. The number of hydrogen-bond acceptors (Lipinski definition) is 3. The Morgan fingerprint density at radius 3 is 2.69 bits per heavy atom. The fraction of sp³-hybridized carbons (Fsp3) is 0.600. The molecule has 1 heterocycles. The summed E-state index contributed by atoms with van der Waals surface area (Å²) in [6, 6.07) is 1.76. The first-order chi connectivity index (χ1) is 5.99. The van der Waals surface area contributed by atoms with E-state index in [2.05, 4.69) is 0 Å². The summed E-state index contributed by atoms with van der Waals surface area (Å²) in [6.07, 6.45) is 3.27. The third kappa shape index (κ3) is 3.61. The zero-order valence-electron chi connectivity index (χ0n) is 8.41. The molecule has 0 amide bonds. The van der Waals surface area contributed by atoms with E-state index in [0.717, 1.165) is 5.56 Å². The predicted molar refractivity (Wildman–Crippen MR) is 51.3 cm³/mol. The minimum atomic E-state index is -0.138. The van der Waals surface area contributed by atoms with Crippen LogP contribution < -0.4 is 5.73 Å². The zero-order chi connectivity index (χ0) is 9.90. The molecule has 1 aromatic heterocycles. The molecule has 13 heavy (non-hydrogen) atoms. The van der Waals surface area contributed by atoms with Crippen molar-refractivity contribution in [2.75, 3.05) is 6.61 Å². The molecule has 1 aromatic rings. The van der Waals surface area contributed by atoms with Crippen molar-refractivity contribution in [2.24, 2.45) is 5.73 Å². The van der Waals surface area contributed by atoms with E-state index in [9.17, 15) is 0 Å². The van der Waals surface area contributed by atoms with Crippen molar-refractivity contribution in [3.8, 4) is 0 Å². The second-order valence-electron chi connectivity index (χ2n) is 4.09. The molecule has 0 spiro atoms. The molecule has 0 saturated carbocycles. The molecule has 0 aliphatic rings. The Bertz CT molecular complexity index is 236. The molecule has 1 atom stereocenters. The highest BCUT2D eigenvalue weighted by Gasteiger charge is 2.14. The highest BCUT2D eigenvalue weighted by Crippen LogP contribution is 2.14. The molecule has 0 bridgehead atoms. The van der Waals surface area contributed by atoms with Gasteiger partial charge in [-0.15, -0.1) is 0 Å². The first kappa shape index (κ1) is 10.3. The van der Waals surface area contributed by atoms with E-state index in [4.69, 9.17) is 14.9 Å². The molecule has 3 nitrogen and oxygen atoms in total. The Hall–Kier alpha value is -0.800. The SMILES string of the molecule is CC(C)(C)OCC(N)c1ccoc1. The van der Waals surface area contributed by atoms with Crippen LogP contribution in [0.1, 0.15) is 32.4 Å². The van der Waals surface area contributed by atoms with Crippen molar-refractivity contribution < 1.29 is 9.15 Å². The van der Waals surface area contributed by atoms with Gasteiger partial charge in [-0.05, 0) is 26.8 Å². The normalized spacial score (nSPS) is 14.5. The van der Waals surface area contributed by atoms with E-state index in [1.165, 1.54) is 0 Å². The third-order valence-corrected chi connectivity index (χ3v) is 1.67. The maximum Gasteiger partial charge on any atom is 0.0951 e. The number of rotatable bonds is 3. The van der Waals surface area contributed by atoms with Gasteiger partial charge in [0.05, 0.1) is 30.8 Å². The highest BCUT2D eigenvalue weighted by molar-refractivity contribution is 5.10. The minimum Gasteiger partial charge on any atom is -0.472 e. The van der Waals surface area contributed by atoms with Gasteiger partial charge in [-0.2, -0.15) is 0 Å². The molecule has 1 unspecified atom stereocenters. The van der Waals surface area contributed by atoms with Gasteiger partial charge in [0.15, 0.2) is 0 Å². The first-order valence-electron chi connectivity index (χ1n) is 4.41. The van der Waals surface area contributed by atoms with Crippen LogP contribution in [-0.2, 0) is 4.74 Å². The van der Waals surface area contributed by atoms with E-state index in [1.807, 2.05) is 26.8 Å². The molecule has 0 aliphatic heterocycles. The molecular formula is C10H17NO2. The lowest BCUT2D eigenvalue weighted by Gasteiger charge is -2.21. The largest absolute Gasteiger partial charge is 0.472 e. The van der Waals surface area contributed by atoms with Crippen LogP contribution in [0, 0.1) is 0 Å². The van der Waals surface area contributed by atoms with Crippen LogP contribution in [0.15, 0.2) is 23.0 Å². The molecule has 0 aliphatic carbocycles. The molecule has 1 rings (SSSR count). The van der Waals surface area contributed by atoms with Crippen molar-refractivity contribution >= 4 is 0 Å². The zero-order valence-corrected chi connectivity index (χ0v) is 8.41.